The van der Waals surface area contributed by atoms with Crippen LogP contribution in [0.15, 0.2) is 65.5 Å². The Labute approximate surface area is 186 Å². The molecule has 0 saturated carbocycles. The van der Waals surface area contributed by atoms with Crippen molar-refractivity contribution < 1.29 is 9.84 Å². The molecule has 160 valence electrons. The molecule has 0 amide bonds. The van der Waals surface area contributed by atoms with Crippen LogP contribution in [0.2, 0.25) is 0 Å². The molecule has 0 bridgehead atoms. The minimum Gasteiger partial charge on any atom is -0.506 e. The van der Waals surface area contributed by atoms with Gasteiger partial charge in [0.05, 0.1) is 17.8 Å². The second kappa shape index (κ2) is 8.94. The number of para-hydroxylation sites is 1. The van der Waals surface area contributed by atoms with Crippen molar-refractivity contribution in [3.63, 3.8) is 0 Å². The van der Waals surface area contributed by atoms with Gasteiger partial charge in [0.1, 0.15) is 22.9 Å². The Balaban J connectivity index is 2.03. The van der Waals surface area contributed by atoms with Gasteiger partial charge in [-0.15, -0.1) is 0 Å². The van der Waals surface area contributed by atoms with Crippen molar-refractivity contribution in [2.45, 2.75) is 19.8 Å². The monoisotopic (exact) mass is 425 g/mol. The van der Waals surface area contributed by atoms with Crippen molar-refractivity contribution in [3.8, 4) is 40.1 Å². The lowest BCUT2D eigenvalue weighted by molar-refractivity contribution is 0.297. The van der Waals surface area contributed by atoms with E-state index in [0.717, 1.165) is 18.4 Å². The third-order valence-corrected chi connectivity index (χ3v) is 5.45. The van der Waals surface area contributed by atoms with Crippen LogP contribution in [0.1, 0.15) is 25.3 Å². The second-order valence-electron chi connectivity index (χ2n) is 7.52. The van der Waals surface area contributed by atoms with E-state index < -0.39 is 0 Å². The van der Waals surface area contributed by atoms with Crippen LogP contribution < -0.4 is 10.3 Å². The van der Waals surface area contributed by atoms with Crippen LogP contribution in [0.4, 0.5) is 0 Å². The first-order valence-corrected chi connectivity index (χ1v) is 10.5. The van der Waals surface area contributed by atoms with E-state index in [1.165, 1.54) is 4.57 Å². The maximum atomic E-state index is 13.2. The molecule has 0 aliphatic heterocycles. The summed E-state index contributed by atoms with van der Waals surface area (Å²) in [5, 5.41) is 21.5. The van der Waals surface area contributed by atoms with Gasteiger partial charge in [0.25, 0.3) is 5.56 Å². The number of pyridine rings is 2. The molecule has 0 atom stereocenters. The number of hydrogen-bond donors (Lipinski definition) is 1. The summed E-state index contributed by atoms with van der Waals surface area (Å²) in [5.41, 5.74) is 2.27. The lowest BCUT2D eigenvalue weighted by Gasteiger charge is -2.15. The van der Waals surface area contributed by atoms with E-state index in [-0.39, 0.29) is 28.4 Å². The zero-order valence-corrected chi connectivity index (χ0v) is 18.0. The number of aromatic nitrogens is 2. The summed E-state index contributed by atoms with van der Waals surface area (Å²) in [4.78, 5) is 17.8. The lowest BCUT2D eigenvalue weighted by Crippen LogP contribution is -2.20. The van der Waals surface area contributed by atoms with E-state index in [1.54, 1.807) is 31.3 Å². The quantitative estimate of drug-likeness (QED) is 0.438. The highest BCUT2D eigenvalue weighted by Gasteiger charge is 2.22. The summed E-state index contributed by atoms with van der Waals surface area (Å²) in [7, 11) is 1.66. The molecule has 4 aromatic rings. The molecule has 2 aromatic heterocycles. The van der Waals surface area contributed by atoms with Gasteiger partial charge in [-0.2, -0.15) is 5.26 Å². The number of unbranched alkanes of at least 4 members (excludes halogenated alkanes) is 1. The summed E-state index contributed by atoms with van der Waals surface area (Å²) < 4.78 is 7.36. The van der Waals surface area contributed by atoms with Crippen LogP contribution in [0, 0.1) is 11.3 Å². The average molecular weight is 425 g/mol. The van der Waals surface area contributed by atoms with Crippen molar-refractivity contribution in [1.29, 1.82) is 5.26 Å². The van der Waals surface area contributed by atoms with E-state index in [4.69, 9.17) is 4.74 Å². The Morgan fingerprint density at radius 2 is 1.84 bits per heavy atom. The van der Waals surface area contributed by atoms with Gasteiger partial charge in [-0.25, -0.2) is 4.98 Å². The first kappa shape index (κ1) is 21.1. The Bertz CT molecular complexity index is 1390. The first-order valence-electron chi connectivity index (χ1n) is 10.5. The predicted molar refractivity (Wildman–Crippen MR) is 125 cm³/mol. The van der Waals surface area contributed by atoms with E-state index in [1.807, 2.05) is 43.3 Å². The maximum Gasteiger partial charge on any atom is 0.264 e. The molecule has 32 heavy (non-hydrogen) atoms. The van der Waals surface area contributed by atoms with Crippen molar-refractivity contribution in [3.05, 3.63) is 76.6 Å². The van der Waals surface area contributed by atoms with Gasteiger partial charge in [0.2, 0.25) is 5.88 Å². The van der Waals surface area contributed by atoms with E-state index >= 15 is 0 Å². The molecule has 2 aromatic carbocycles. The standard InChI is InChI=1S/C26H23N3O3/c1-3-4-14-32-25-20(16-27)19(17-10-6-5-7-11-17)15-21(28-25)23-24(30)18-12-8-9-13-22(18)29(2)26(23)31/h5-13,15,30H,3-4,14H2,1-2H3. The Hall–Kier alpha value is -4.11. The fourth-order valence-corrected chi connectivity index (χ4v) is 3.73. The van der Waals surface area contributed by atoms with Crippen LogP contribution in [-0.2, 0) is 7.05 Å². The lowest BCUT2D eigenvalue weighted by atomic mass is 9.98. The molecule has 6 nitrogen and oxygen atoms in total. The predicted octanol–water partition coefficient (Wildman–Crippen LogP) is 5.02. The van der Waals surface area contributed by atoms with Gasteiger partial charge in [-0.1, -0.05) is 55.8 Å². The van der Waals surface area contributed by atoms with Gasteiger partial charge in [-0.05, 0) is 30.2 Å². The number of nitriles is 1. The maximum absolute atomic E-state index is 13.2. The molecule has 0 unspecified atom stereocenters. The van der Waals surface area contributed by atoms with Crippen LogP contribution in [0.25, 0.3) is 33.3 Å². The number of aryl methyl sites for hydroxylation is 1. The molecular weight excluding hydrogens is 402 g/mol. The van der Waals surface area contributed by atoms with Crippen molar-refractivity contribution in [1.82, 2.24) is 9.55 Å². The minimum absolute atomic E-state index is 0.0770. The van der Waals surface area contributed by atoms with Crippen molar-refractivity contribution in [2.24, 2.45) is 7.05 Å². The third-order valence-electron chi connectivity index (χ3n) is 5.45. The Kier molecular flexibility index (Phi) is 5.91. The van der Waals surface area contributed by atoms with Crippen LogP contribution in [0.5, 0.6) is 11.6 Å². The fraction of sp³-hybridized carbons (Fsp3) is 0.192. The molecule has 4 rings (SSSR count). The molecule has 0 aliphatic carbocycles. The van der Waals surface area contributed by atoms with E-state index in [2.05, 4.69) is 11.1 Å². The second-order valence-corrected chi connectivity index (χ2v) is 7.52. The topological polar surface area (TPSA) is 88.1 Å². The molecule has 6 heteroatoms. The third kappa shape index (κ3) is 3.69. The van der Waals surface area contributed by atoms with Gasteiger partial charge in [0.15, 0.2) is 0 Å². The zero-order valence-electron chi connectivity index (χ0n) is 18.0. The molecule has 0 saturated heterocycles. The highest BCUT2D eigenvalue weighted by molar-refractivity contribution is 5.92. The summed E-state index contributed by atoms with van der Waals surface area (Å²) in [6, 6.07) is 20.4. The van der Waals surface area contributed by atoms with Crippen LogP contribution in [-0.4, -0.2) is 21.3 Å². The first-order chi connectivity index (χ1) is 15.6. The number of fused-ring (bicyclic) bond motifs is 1. The molecule has 0 fully saturated rings. The number of nitrogens with zero attached hydrogens (tertiary/aromatic N) is 3. The smallest absolute Gasteiger partial charge is 0.264 e. The molecule has 0 spiro atoms. The largest absolute Gasteiger partial charge is 0.506 e. The van der Waals surface area contributed by atoms with Gasteiger partial charge < -0.3 is 14.4 Å². The Morgan fingerprint density at radius 3 is 2.56 bits per heavy atom. The van der Waals surface area contributed by atoms with E-state index in [9.17, 15) is 15.2 Å². The summed E-state index contributed by atoms with van der Waals surface area (Å²) in [6.07, 6.45) is 1.74. The summed E-state index contributed by atoms with van der Waals surface area (Å²) in [5.74, 6) is 0.0198. The van der Waals surface area contributed by atoms with Crippen LogP contribution >= 0.6 is 0 Å². The highest BCUT2D eigenvalue weighted by atomic mass is 16.5. The summed E-state index contributed by atoms with van der Waals surface area (Å²) in [6.45, 7) is 2.45. The number of hydrogen-bond acceptors (Lipinski definition) is 5. The average Bonchev–Trinajstić information content (AvgIpc) is 2.83. The number of rotatable bonds is 6. The molecule has 2 heterocycles. The van der Waals surface area contributed by atoms with Gasteiger partial charge in [-0.3, -0.25) is 4.79 Å². The van der Waals surface area contributed by atoms with Crippen LogP contribution in [0.3, 0.4) is 0 Å². The molecular formula is C26H23N3O3. The molecule has 0 aliphatic rings. The fourth-order valence-electron chi connectivity index (χ4n) is 3.73. The number of aromatic hydroxyl groups is 1. The normalized spacial score (nSPS) is 10.8. The molecule has 1 N–H and O–H groups in total. The van der Waals surface area contributed by atoms with Gasteiger partial charge in [0, 0.05) is 18.0 Å². The van der Waals surface area contributed by atoms with Gasteiger partial charge >= 0.3 is 0 Å². The SMILES string of the molecule is CCCCOc1nc(-c2c(O)c3ccccc3n(C)c2=O)cc(-c2ccccc2)c1C#N. The highest BCUT2D eigenvalue weighted by Crippen LogP contribution is 2.37. The zero-order chi connectivity index (χ0) is 22.7. The van der Waals surface area contributed by atoms with Crippen molar-refractivity contribution >= 4 is 10.9 Å². The minimum atomic E-state index is -0.378. The Morgan fingerprint density at radius 1 is 1.12 bits per heavy atom. The molecule has 0 radical (unpaired) electrons. The van der Waals surface area contributed by atoms with Crippen molar-refractivity contribution in [2.75, 3.05) is 6.61 Å². The summed E-state index contributed by atoms with van der Waals surface area (Å²) >= 11 is 0. The number of ether oxygens (including phenoxy) is 1. The van der Waals surface area contributed by atoms with E-state index in [0.29, 0.717) is 28.6 Å². The number of benzene rings is 2.